The number of hydrogen-bond donors (Lipinski definition) is 1. The van der Waals surface area contributed by atoms with Crippen LogP contribution in [0.25, 0.3) is 5.76 Å². The number of anilines is 1. The van der Waals surface area contributed by atoms with Crippen LogP contribution in [0.2, 0.25) is 5.02 Å². The highest BCUT2D eigenvalue weighted by molar-refractivity contribution is 6.52. The lowest BCUT2D eigenvalue weighted by atomic mass is 9.98. The second-order valence-corrected chi connectivity index (χ2v) is 7.38. The number of aliphatic hydroxyl groups is 1. The molecule has 1 saturated heterocycles. The van der Waals surface area contributed by atoms with Gasteiger partial charge in [-0.15, -0.1) is 0 Å². The Morgan fingerprint density at radius 2 is 1.91 bits per heavy atom. The van der Waals surface area contributed by atoms with Crippen LogP contribution in [-0.4, -0.2) is 28.4 Å². The van der Waals surface area contributed by atoms with Gasteiger partial charge in [0.1, 0.15) is 23.4 Å². The molecule has 2 aromatic carbocycles. The van der Waals surface area contributed by atoms with Gasteiger partial charge in [-0.1, -0.05) is 17.7 Å². The van der Waals surface area contributed by atoms with Crippen LogP contribution < -0.4 is 9.64 Å². The van der Waals surface area contributed by atoms with Gasteiger partial charge in [0.05, 0.1) is 22.9 Å². The van der Waals surface area contributed by atoms with Crippen LogP contribution in [0.15, 0.2) is 72.4 Å². The topological polar surface area (TPSA) is 79.7 Å². The molecule has 0 bridgehead atoms. The molecule has 0 saturated carbocycles. The number of benzene rings is 2. The van der Waals surface area contributed by atoms with E-state index in [4.69, 9.17) is 16.3 Å². The van der Waals surface area contributed by atoms with E-state index in [-0.39, 0.29) is 21.8 Å². The summed E-state index contributed by atoms with van der Waals surface area (Å²) in [6.07, 6.45) is 1.52. The van der Waals surface area contributed by atoms with Crippen molar-refractivity contribution in [1.29, 1.82) is 0 Å². The SMILES string of the molecule is CCOc1ccc(Cl)c(/C(O)=C2\C(=O)C(=O)N(c3ccc(F)cc3)C2c2ccccn2)c1. The minimum absolute atomic E-state index is 0.149. The smallest absolute Gasteiger partial charge is 0.300 e. The van der Waals surface area contributed by atoms with E-state index in [2.05, 4.69) is 4.98 Å². The Bertz CT molecular complexity index is 1210. The molecule has 6 nitrogen and oxygen atoms in total. The van der Waals surface area contributed by atoms with E-state index in [1.54, 1.807) is 24.3 Å². The number of rotatable bonds is 5. The molecule has 1 amide bonds. The van der Waals surface area contributed by atoms with Crippen LogP contribution in [0.5, 0.6) is 5.75 Å². The van der Waals surface area contributed by atoms with Gasteiger partial charge in [0.2, 0.25) is 0 Å². The third-order valence-corrected chi connectivity index (χ3v) is 5.35. The fourth-order valence-electron chi connectivity index (χ4n) is 3.61. The molecule has 4 rings (SSSR count). The zero-order valence-electron chi connectivity index (χ0n) is 17.0. The molecular weight excluding hydrogens is 435 g/mol. The van der Waals surface area contributed by atoms with Gasteiger partial charge >= 0.3 is 0 Å². The van der Waals surface area contributed by atoms with Crippen molar-refractivity contribution in [2.75, 3.05) is 11.5 Å². The number of nitrogens with zero attached hydrogens (tertiary/aromatic N) is 2. The molecule has 3 aromatic rings. The number of pyridine rings is 1. The Kier molecular flexibility index (Phi) is 5.92. The Hall–Kier alpha value is -3.71. The Morgan fingerprint density at radius 3 is 2.56 bits per heavy atom. The monoisotopic (exact) mass is 452 g/mol. The fourth-order valence-corrected chi connectivity index (χ4v) is 3.81. The number of halogens is 2. The standard InChI is InChI=1S/C24H18ClFN2O4/c1-2-32-16-10-11-18(25)17(13-16)22(29)20-21(19-5-3-4-12-27-19)28(24(31)23(20)30)15-8-6-14(26)7-9-15/h3-13,21,29H,2H2,1H3/b22-20+. The maximum Gasteiger partial charge on any atom is 0.300 e. The molecule has 1 unspecified atom stereocenters. The summed E-state index contributed by atoms with van der Waals surface area (Å²) in [4.78, 5) is 31.6. The molecule has 0 spiro atoms. The van der Waals surface area contributed by atoms with Crippen LogP contribution >= 0.6 is 11.6 Å². The lowest BCUT2D eigenvalue weighted by Gasteiger charge is -2.24. The molecule has 1 fully saturated rings. The quantitative estimate of drug-likeness (QED) is 0.338. The minimum Gasteiger partial charge on any atom is -0.507 e. The first-order chi connectivity index (χ1) is 15.4. The van der Waals surface area contributed by atoms with Crippen molar-refractivity contribution in [2.45, 2.75) is 13.0 Å². The van der Waals surface area contributed by atoms with Crippen molar-refractivity contribution in [1.82, 2.24) is 4.98 Å². The number of carbonyl (C=O) groups excluding carboxylic acids is 2. The van der Waals surface area contributed by atoms with E-state index in [0.717, 1.165) is 0 Å². The highest BCUT2D eigenvalue weighted by atomic mass is 35.5. The van der Waals surface area contributed by atoms with Crippen LogP contribution in [0.4, 0.5) is 10.1 Å². The summed E-state index contributed by atoms with van der Waals surface area (Å²) in [5, 5.41) is 11.4. The summed E-state index contributed by atoms with van der Waals surface area (Å²) in [6.45, 7) is 2.20. The van der Waals surface area contributed by atoms with E-state index >= 15 is 0 Å². The van der Waals surface area contributed by atoms with E-state index < -0.39 is 29.3 Å². The van der Waals surface area contributed by atoms with Gasteiger partial charge < -0.3 is 9.84 Å². The molecule has 0 aliphatic carbocycles. The number of amides is 1. The molecule has 0 radical (unpaired) electrons. The normalized spacial score (nSPS) is 17.6. The highest BCUT2D eigenvalue weighted by Gasteiger charge is 2.47. The lowest BCUT2D eigenvalue weighted by molar-refractivity contribution is -0.132. The third kappa shape index (κ3) is 3.83. The van der Waals surface area contributed by atoms with Crippen LogP contribution in [0, 0.1) is 5.82 Å². The fraction of sp³-hybridized carbons (Fsp3) is 0.125. The molecule has 8 heteroatoms. The third-order valence-electron chi connectivity index (χ3n) is 5.02. The molecule has 1 aliphatic rings. The Balaban J connectivity index is 1.94. The average Bonchev–Trinajstić information content (AvgIpc) is 3.06. The summed E-state index contributed by atoms with van der Waals surface area (Å²) in [5.74, 6) is -2.26. The summed E-state index contributed by atoms with van der Waals surface area (Å²) in [7, 11) is 0. The van der Waals surface area contributed by atoms with Crippen LogP contribution in [0.3, 0.4) is 0 Å². The van der Waals surface area contributed by atoms with Crippen molar-refractivity contribution in [2.24, 2.45) is 0 Å². The number of ether oxygens (including phenoxy) is 1. The van der Waals surface area contributed by atoms with Gasteiger partial charge in [0.25, 0.3) is 11.7 Å². The Labute approximate surface area is 188 Å². The van der Waals surface area contributed by atoms with Crippen molar-refractivity contribution < 1.29 is 23.8 Å². The summed E-state index contributed by atoms with van der Waals surface area (Å²) < 4.78 is 19.0. The van der Waals surface area contributed by atoms with Gasteiger partial charge in [-0.25, -0.2) is 4.39 Å². The number of ketones is 1. The molecular formula is C24H18ClFN2O4. The molecule has 1 aromatic heterocycles. The second kappa shape index (κ2) is 8.80. The van der Waals surface area contributed by atoms with Crippen molar-refractivity contribution in [3.05, 3.63) is 94.5 Å². The minimum atomic E-state index is -1.03. The largest absolute Gasteiger partial charge is 0.507 e. The Morgan fingerprint density at radius 1 is 1.16 bits per heavy atom. The van der Waals surface area contributed by atoms with Gasteiger partial charge in [0, 0.05) is 17.4 Å². The molecule has 2 heterocycles. The van der Waals surface area contributed by atoms with Crippen LogP contribution in [0.1, 0.15) is 24.2 Å². The van der Waals surface area contributed by atoms with Gasteiger partial charge in [-0.3, -0.25) is 19.5 Å². The van der Waals surface area contributed by atoms with E-state index in [9.17, 15) is 19.1 Å². The van der Waals surface area contributed by atoms with Crippen LogP contribution in [-0.2, 0) is 9.59 Å². The second-order valence-electron chi connectivity index (χ2n) is 6.97. The summed E-state index contributed by atoms with van der Waals surface area (Å²) in [6, 6.07) is 13.8. The first kappa shape index (κ1) is 21.5. The lowest BCUT2D eigenvalue weighted by Crippen LogP contribution is -2.29. The van der Waals surface area contributed by atoms with Gasteiger partial charge in [-0.2, -0.15) is 0 Å². The zero-order valence-corrected chi connectivity index (χ0v) is 17.7. The predicted octanol–water partition coefficient (Wildman–Crippen LogP) is 4.90. The predicted molar refractivity (Wildman–Crippen MR) is 118 cm³/mol. The number of Topliss-reactive ketones (excluding diaryl/α,β-unsaturated/α-hetero) is 1. The summed E-state index contributed by atoms with van der Waals surface area (Å²) in [5.41, 5.74) is 0.622. The average molecular weight is 453 g/mol. The zero-order chi connectivity index (χ0) is 22.8. The van der Waals surface area contributed by atoms with Crippen molar-refractivity contribution >= 4 is 34.7 Å². The molecule has 162 valence electrons. The maximum absolute atomic E-state index is 13.5. The van der Waals surface area contributed by atoms with E-state index in [1.165, 1.54) is 47.5 Å². The first-order valence-corrected chi connectivity index (χ1v) is 10.2. The number of carbonyl (C=O) groups is 2. The number of hydrogen-bond acceptors (Lipinski definition) is 5. The van der Waals surface area contributed by atoms with Crippen molar-refractivity contribution in [3.8, 4) is 5.75 Å². The van der Waals surface area contributed by atoms with Crippen molar-refractivity contribution in [3.63, 3.8) is 0 Å². The highest BCUT2D eigenvalue weighted by Crippen LogP contribution is 2.42. The molecule has 1 aliphatic heterocycles. The van der Waals surface area contributed by atoms with E-state index in [1.807, 2.05) is 6.92 Å². The molecule has 1 N–H and O–H groups in total. The summed E-state index contributed by atoms with van der Waals surface area (Å²) >= 11 is 6.30. The maximum atomic E-state index is 13.5. The van der Waals surface area contributed by atoms with E-state index in [0.29, 0.717) is 18.1 Å². The van der Waals surface area contributed by atoms with Gasteiger partial charge in [0.15, 0.2) is 0 Å². The number of aromatic nitrogens is 1. The first-order valence-electron chi connectivity index (χ1n) is 9.82. The van der Waals surface area contributed by atoms with Gasteiger partial charge in [-0.05, 0) is 61.5 Å². The molecule has 1 atom stereocenters. The number of aliphatic hydroxyl groups excluding tert-OH is 1. The molecule has 32 heavy (non-hydrogen) atoms.